The van der Waals surface area contributed by atoms with Crippen LogP contribution in [0.2, 0.25) is 0 Å². The molecule has 0 aliphatic heterocycles. The van der Waals surface area contributed by atoms with Crippen LogP contribution in [0.4, 0.5) is 5.69 Å². The molecule has 0 saturated carbocycles. The number of nitrogens with one attached hydrogen (secondary N) is 1. The number of aryl methyl sites for hydroxylation is 3. The fraction of sp³-hybridized carbons (Fsp3) is 0.333. The first-order valence-corrected chi connectivity index (χ1v) is 10.2. The van der Waals surface area contributed by atoms with E-state index < -0.39 is 5.97 Å². The lowest BCUT2D eigenvalue weighted by molar-refractivity contribution is -0.119. The molecule has 0 radical (unpaired) electrons. The number of esters is 1. The van der Waals surface area contributed by atoms with E-state index in [1.165, 1.54) is 0 Å². The van der Waals surface area contributed by atoms with Gasteiger partial charge in [-0.25, -0.2) is 4.79 Å². The molecule has 0 aliphatic carbocycles. The highest BCUT2D eigenvalue weighted by atomic mass is 16.5. The smallest absolute Gasteiger partial charge is 0.375 e. The largest absolute Gasteiger partial charge is 0.494 e. The minimum atomic E-state index is -0.670. The third-order valence-corrected chi connectivity index (χ3v) is 5.00. The van der Waals surface area contributed by atoms with Crippen LogP contribution in [0, 0.1) is 6.92 Å². The summed E-state index contributed by atoms with van der Waals surface area (Å²) in [6, 6.07) is 11.3. The van der Waals surface area contributed by atoms with Crippen LogP contribution in [0.25, 0.3) is 11.0 Å². The van der Waals surface area contributed by atoms with Crippen LogP contribution in [-0.2, 0) is 22.4 Å². The van der Waals surface area contributed by atoms with E-state index in [0.29, 0.717) is 23.5 Å². The zero-order chi connectivity index (χ0) is 21.7. The number of furan rings is 1. The van der Waals surface area contributed by atoms with Crippen molar-refractivity contribution in [2.24, 2.45) is 0 Å². The molecule has 1 heterocycles. The summed E-state index contributed by atoms with van der Waals surface area (Å²) >= 11 is 0. The van der Waals surface area contributed by atoms with Crippen LogP contribution in [-0.4, -0.2) is 25.1 Å². The number of carbonyl (C=O) groups excluding carboxylic acids is 2. The van der Waals surface area contributed by atoms with E-state index in [1.807, 2.05) is 45.0 Å². The van der Waals surface area contributed by atoms with Crippen molar-refractivity contribution in [2.45, 2.75) is 40.5 Å². The standard InChI is InChI=1S/C24H27NO5/c1-5-16-9-8-10-17(6-2)22(16)25-21(26)14-29-24(27)23-15(4)19-13-18(28-7-3)11-12-20(19)30-23/h8-13H,5-7,14H2,1-4H3,(H,25,26). The highest BCUT2D eigenvalue weighted by Crippen LogP contribution is 2.29. The number of hydrogen-bond acceptors (Lipinski definition) is 5. The molecule has 0 spiro atoms. The van der Waals surface area contributed by atoms with E-state index in [1.54, 1.807) is 19.1 Å². The molecule has 3 aromatic rings. The molecule has 0 atom stereocenters. The molecule has 158 valence electrons. The molecule has 6 heteroatoms. The molecule has 30 heavy (non-hydrogen) atoms. The molecule has 0 unspecified atom stereocenters. The summed E-state index contributed by atoms with van der Waals surface area (Å²) in [6.07, 6.45) is 1.59. The van der Waals surface area contributed by atoms with Crippen LogP contribution < -0.4 is 10.1 Å². The highest BCUT2D eigenvalue weighted by Gasteiger charge is 2.21. The minimum Gasteiger partial charge on any atom is -0.494 e. The van der Waals surface area contributed by atoms with Crippen molar-refractivity contribution in [3.63, 3.8) is 0 Å². The Morgan fingerprint density at radius 3 is 2.37 bits per heavy atom. The van der Waals surface area contributed by atoms with Gasteiger partial charge in [0.15, 0.2) is 6.61 Å². The van der Waals surface area contributed by atoms with Crippen molar-refractivity contribution in [3.05, 3.63) is 58.8 Å². The molecule has 6 nitrogen and oxygen atoms in total. The zero-order valence-electron chi connectivity index (χ0n) is 17.8. The van der Waals surface area contributed by atoms with Gasteiger partial charge in [-0.3, -0.25) is 4.79 Å². The molecular formula is C24H27NO5. The Morgan fingerprint density at radius 2 is 1.73 bits per heavy atom. The van der Waals surface area contributed by atoms with Crippen molar-refractivity contribution >= 4 is 28.5 Å². The van der Waals surface area contributed by atoms with E-state index in [4.69, 9.17) is 13.9 Å². The first kappa shape index (κ1) is 21.4. The molecule has 0 bridgehead atoms. The van der Waals surface area contributed by atoms with Crippen LogP contribution in [0.3, 0.4) is 0 Å². The third kappa shape index (κ3) is 4.48. The molecule has 1 N–H and O–H groups in total. The van der Waals surface area contributed by atoms with Gasteiger partial charge >= 0.3 is 5.97 Å². The Kier molecular flexibility index (Phi) is 6.77. The van der Waals surface area contributed by atoms with Gasteiger partial charge in [0.2, 0.25) is 5.76 Å². The third-order valence-electron chi connectivity index (χ3n) is 5.00. The molecule has 0 fully saturated rings. The molecule has 0 aliphatic rings. The summed E-state index contributed by atoms with van der Waals surface area (Å²) < 4.78 is 16.4. The maximum absolute atomic E-state index is 12.5. The van der Waals surface area contributed by atoms with E-state index in [9.17, 15) is 9.59 Å². The van der Waals surface area contributed by atoms with Crippen LogP contribution in [0.5, 0.6) is 5.75 Å². The van der Waals surface area contributed by atoms with Gasteiger partial charge in [0.1, 0.15) is 11.3 Å². The quantitative estimate of drug-likeness (QED) is 0.526. The fourth-order valence-corrected chi connectivity index (χ4v) is 3.43. The maximum Gasteiger partial charge on any atom is 0.375 e. The predicted octanol–water partition coefficient (Wildman–Crippen LogP) is 5.06. The molecule has 1 amide bonds. The average Bonchev–Trinajstić information content (AvgIpc) is 3.08. The molecular weight excluding hydrogens is 382 g/mol. The van der Waals surface area contributed by atoms with E-state index in [-0.39, 0.29) is 18.3 Å². The number of hydrogen-bond donors (Lipinski definition) is 1. The Balaban J connectivity index is 1.70. The van der Waals surface area contributed by atoms with Crippen molar-refractivity contribution < 1.29 is 23.5 Å². The summed E-state index contributed by atoms with van der Waals surface area (Å²) in [5.74, 6) is -0.258. The average molecular weight is 409 g/mol. The van der Waals surface area contributed by atoms with Crippen LogP contribution >= 0.6 is 0 Å². The second-order valence-electron chi connectivity index (χ2n) is 6.93. The Bertz CT molecular complexity index is 1040. The lowest BCUT2D eigenvalue weighted by Crippen LogP contribution is -2.22. The summed E-state index contributed by atoms with van der Waals surface area (Å²) in [5, 5.41) is 3.67. The molecule has 0 saturated heterocycles. The summed E-state index contributed by atoms with van der Waals surface area (Å²) in [5.41, 5.74) is 4.12. The molecule has 2 aromatic carbocycles. The predicted molar refractivity (Wildman–Crippen MR) is 116 cm³/mol. The van der Waals surface area contributed by atoms with Gasteiger partial charge in [0.25, 0.3) is 5.91 Å². The van der Waals surface area contributed by atoms with Gasteiger partial charge in [-0.15, -0.1) is 0 Å². The first-order valence-electron chi connectivity index (χ1n) is 10.2. The number of anilines is 1. The number of benzene rings is 2. The number of para-hydroxylation sites is 1. The second-order valence-corrected chi connectivity index (χ2v) is 6.93. The Hall–Kier alpha value is -3.28. The zero-order valence-corrected chi connectivity index (χ0v) is 17.8. The van der Waals surface area contributed by atoms with E-state index in [2.05, 4.69) is 5.32 Å². The minimum absolute atomic E-state index is 0.0923. The van der Waals surface area contributed by atoms with Gasteiger partial charge in [-0.1, -0.05) is 32.0 Å². The number of fused-ring (bicyclic) bond motifs is 1. The SMILES string of the molecule is CCOc1ccc2oc(C(=O)OCC(=O)Nc3c(CC)cccc3CC)c(C)c2c1. The van der Waals surface area contributed by atoms with Crippen LogP contribution in [0.1, 0.15) is 48.0 Å². The molecule has 3 rings (SSSR count). The monoisotopic (exact) mass is 409 g/mol. The lowest BCUT2D eigenvalue weighted by atomic mass is 10.0. The topological polar surface area (TPSA) is 77.8 Å². The fourth-order valence-electron chi connectivity index (χ4n) is 3.43. The van der Waals surface area contributed by atoms with Crippen LogP contribution in [0.15, 0.2) is 40.8 Å². The number of rotatable bonds is 8. The van der Waals surface area contributed by atoms with Crippen molar-refractivity contribution in [3.8, 4) is 5.75 Å². The molecule has 1 aromatic heterocycles. The summed E-state index contributed by atoms with van der Waals surface area (Å²) in [6.45, 7) is 7.91. The van der Waals surface area contributed by atoms with Gasteiger partial charge in [0.05, 0.1) is 6.61 Å². The summed E-state index contributed by atoms with van der Waals surface area (Å²) in [7, 11) is 0. The first-order chi connectivity index (χ1) is 14.5. The Morgan fingerprint density at radius 1 is 1.03 bits per heavy atom. The van der Waals surface area contributed by atoms with Gasteiger partial charge in [-0.05, 0) is 56.0 Å². The van der Waals surface area contributed by atoms with Gasteiger partial charge in [-0.2, -0.15) is 0 Å². The summed E-state index contributed by atoms with van der Waals surface area (Å²) in [4.78, 5) is 24.9. The maximum atomic E-state index is 12.5. The highest BCUT2D eigenvalue weighted by molar-refractivity contribution is 5.99. The van der Waals surface area contributed by atoms with Crippen molar-refractivity contribution in [2.75, 3.05) is 18.5 Å². The second kappa shape index (κ2) is 9.48. The normalized spacial score (nSPS) is 10.8. The van der Waals surface area contributed by atoms with E-state index in [0.717, 1.165) is 35.0 Å². The van der Waals surface area contributed by atoms with E-state index >= 15 is 0 Å². The Labute approximate surface area is 176 Å². The number of amides is 1. The lowest BCUT2D eigenvalue weighted by Gasteiger charge is -2.14. The van der Waals surface area contributed by atoms with Gasteiger partial charge < -0.3 is 19.2 Å². The number of carbonyl (C=O) groups is 2. The van der Waals surface area contributed by atoms with Crippen molar-refractivity contribution in [1.82, 2.24) is 0 Å². The van der Waals surface area contributed by atoms with Crippen molar-refractivity contribution in [1.29, 1.82) is 0 Å². The van der Waals surface area contributed by atoms with Gasteiger partial charge in [0, 0.05) is 16.6 Å². The number of ether oxygens (including phenoxy) is 2.